The molecule has 10 heteroatoms. The summed E-state index contributed by atoms with van der Waals surface area (Å²) in [6, 6.07) is 1.55. The van der Waals surface area contributed by atoms with Crippen molar-refractivity contribution >= 4 is 46.9 Å². The number of furan rings is 1. The van der Waals surface area contributed by atoms with Gasteiger partial charge in [0, 0.05) is 24.0 Å². The van der Waals surface area contributed by atoms with Crippen LogP contribution in [0.1, 0.15) is 36.0 Å². The average molecular weight is 433 g/mol. The van der Waals surface area contributed by atoms with Crippen LogP contribution in [0.5, 0.6) is 0 Å². The number of amides is 1. The molecule has 2 unspecified atom stereocenters. The molecule has 0 spiro atoms. The number of nitrogens with zero attached hydrogens (tertiary/aromatic N) is 3. The molecule has 2 aromatic rings. The Balaban J connectivity index is 1.60. The van der Waals surface area contributed by atoms with Crippen LogP contribution in [0.15, 0.2) is 38.9 Å². The predicted molar refractivity (Wildman–Crippen MR) is 109 cm³/mol. The normalized spacial score (nSPS) is 20.5. The van der Waals surface area contributed by atoms with Gasteiger partial charge in [0.2, 0.25) is 5.91 Å². The number of hydrogen-bond acceptors (Lipinski definition) is 7. The number of allylic oxidation sites excluding steroid dienone is 1. The lowest BCUT2D eigenvalue weighted by Crippen LogP contribution is -2.40. The Morgan fingerprint density at radius 2 is 2.23 bits per heavy atom. The van der Waals surface area contributed by atoms with Crippen molar-refractivity contribution < 1.29 is 23.1 Å². The Hall–Kier alpha value is -3.20. The number of hydrazone groups is 1. The Bertz CT molecular complexity index is 1110. The Kier molecular flexibility index (Phi) is 5.29. The highest BCUT2D eigenvalue weighted by Crippen LogP contribution is 2.37. The van der Waals surface area contributed by atoms with Crippen LogP contribution in [-0.2, 0) is 9.53 Å². The maximum atomic E-state index is 14.0. The standard InChI is InChI=1S/C20H18ClFN4O4/c1-3-29-20(28)13-8-11(22)7-12-15(21)16(30-17(12)13)10(2)25-19(27)14-9-24-26-6-4-5-23-18(14)26/h4-10,14,18H,3H2,1-2H3,(H,25,27)/t10-,14?,18?/m0/s1. The van der Waals surface area contributed by atoms with Gasteiger partial charge in [-0.25, -0.2) is 14.2 Å². The third-order valence-electron chi connectivity index (χ3n) is 4.79. The topological polar surface area (TPSA) is 96.5 Å². The molecule has 3 atom stereocenters. The summed E-state index contributed by atoms with van der Waals surface area (Å²) >= 11 is 6.40. The number of rotatable bonds is 5. The molecule has 0 saturated carbocycles. The maximum Gasteiger partial charge on any atom is 0.342 e. The van der Waals surface area contributed by atoms with Gasteiger partial charge >= 0.3 is 5.97 Å². The summed E-state index contributed by atoms with van der Waals surface area (Å²) in [6.45, 7) is 3.45. The van der Waals surface area contributed by atoms with Gasteiger partial charge in [-0.2, -0.15) is 5.10 Å². The number of esters is 1. The van der Waals surface area contributed by atoms with E-state index in [4.69, 9.17) is 20.8 Å². The van der Waals surface area contributed by atoms with Crippen molar-refractivity contribution in [2.75, 3.05) is 6.61 Å². The molecule has 0 bridgehead atoms. The smallest absolute Gasteiger partial charge is 0.342 e. The van der Waals surface area contributed by atoms with E-state index in [-0.39, 0.29) is 39.8 Å². The second-order valence-corrected chi connectivity index (χ2v) is 7.16. The number of carbonyl (C=O) groups excluding carboxylic acids is 2. The van der Waals surface area contributed by atoms with Crippen LogP contribution in [0.2, 0.25) is 5.02 Å². The fourth-order valence-corrected chi connectivity index (χ4v) is 3.72. The summed E-state index contributed by atoms with van der Waals surface area (Å²) in [7, 11) is 0. The van der Waals surface area contributed by atoms with Crippen molar-refractivity contribution in [2.24, 2.45) is 16.0 Å². The van der Waals surface area contributed by atoms with Crippen molar-refractivity contribution in [2.45, 2.75) is 26.1 Å². The van der Waals surface area contributed by atoms with E-state index < -0.39 is 29.9 Å². The first-order valence-corrected chi connectivity index (χ1v) is 9.69. The Labute approximate surface area is 176 Å². The second-order valence-electron chi connectivity index (χ2n) is 6.78. The van der Waals surface area contributed by atoms with E-state index in [2.05, 4.69) is 15.4 Å². The number of benzene rings is 1. The molecule has 2 aliphatic heterocycles. The highest BCUT2D eigenvalue weighted by atomic mass is 35.5. The van der Waals surface area contributed by atoms with Crippen LogP contribution < -0.4 is 5.32 Å². The first-order valence-electron chi connectivity index (χ1n) is 9.32. The molecular formula is C20H18ClFN4O4. The largest absolute Gasteiger partial charge is 0.462 e. The highest BCUT2D eigenvalue weighted by molar-refractivity contribution is 6.36. The van der Waals surface area contributed by atoms with E-state index in [1.54, 1.807) is 37.3 Å². The lowest BCUT2D eigenvalue weighted by atomic mass is 10.1. The van der Waals surface area contributed by atoms with Crippen molar-refractivity contribution in [1.82, 2.24) is 10.3 Å². The summed E-state index contributed by atoms with van der Waals surface area (Å²) in [5.41, 5.74) is 0.0343. The van der Waals surface area contributed by atoms with Crippen molar-refractivity contribution in [3.05, 3.63) is 46.6 Å². The van der Waals surface area contributed by atoms with Gasteiger partial charge in [0.25, 0.3) is 0 Å². The average Bonchev–Trinajstić information content (AvgIpc) is 3.29. The lowest BCUT2D eigenvalue weighted by Gasteiger charge is -2.23. The monoisotopic (exact) mass is 432 g/mol. The first kappa shape index (κ1) is 20.1. The van der Waals surface area contributed by atoms with E-state index in [1.807, 2.05) is 0 Å². The van der Waals surface area contributed by atoms with Gasteiger partial charge in [-0.1, -0.05) is 11.6 Å². The van der Waals surface area contributed by atoms with Gasteiger partial charge in [-0.05, 0) is 32.1 Å². The molecular weight excluding hydrogens is 415 g/mol. The molecule has 0 fully saturated rings. The Morgan fingerprint density at radius 3 is 3.00 bits per heavy atom. The zero-order valence-electron chi connectivity index (χ0n) is 16.1. The van der Waals surface area contributed by atoms with Gasteiger partial charge in [0.15, 0.2) is 11.7 Å². The van der Waals surface area contributed by atoms with E-state index in [9.17, 15) is 14.0 Å². The molecule has 0 aliphatic carbocycles. The van der Waals surface area contributed by atoms with Crippen LogP contribution in [0.4, 0.5) is 4.39 Å². The van der Waals surface area contributed by atoms with Gasteiger partial charge < -0.3 is 14.5 Å². The van der Waals surface area contributed by atoms with Gasteiger partial charge in [0.1, 0.15) is 23.1 Å². The fourth-order valence-electron chi connectivity index (χ4n) is 3.38. The molecule has 1 aromatic heterocycles. The zero-order chi connectivity index (χ0) is 21.4. The molecule has 0 saturated heterocycles. The fraction of sp³-hybridized carbons (Fsp3) is 0.300. The van der Waals surface area contributed by atoms with Crippen molar-refractivity contribution in [3.63, 3.8) is 0 Å². The number of aliphatic imine (C=N–C) groups is 1. The van der Waals surface area contributed by atoms with Crippen molar-refractivity contribution in [1.29, 1.82) is 0 Å². The van der Waals surface area contributed by atoms with Crippen LogP contribution in [-0.4, -0.2) is 42.1 Å². The lowest BCUT2D eigenvalue weighted by molar-refractivity contribution is -0.124. The number of halogens is 2. The second kappa shape index (κ2) is 7.91. The van der Waals surface area contributed by atoms with Gasteiger partial charge in [0.05, 0.1) is 17.7 Å². The molecule has 1 aromatic carbocycles. The molecule has 30 heavy (non-hydrogen) atoms. The summed E-state index contributed by atoms with van der Waals surface area (Å²) in [6.07, 6.45) is 6.14. The predicted octanol–water partition coefficient (Wildman–Crippen LogP) is 3.42. The van der Waals surface area contributed by atoms with Crippen LogP contribution in [0.3, 0.4) is 0 Å². The number of ether oxygens (including phenoxy) is 1. The summed E-state index contributed by atoms with van der Waals surface area (Å²) in [5, 5.41) is 8.91. The SMILES string of the molecule is CCOC(=O)c1cc(F)cc2c(Cl)c([C@H](C)NC(=O)C3C=NN4C=CC=NC34)oc12. The first-order chi connectivity index (χ1) is 14.4. The molecule has 4 rings (SSSR count). The Morgan fingerprint density at radius 1 is 1.43 bits per heavy atom. The van der Waals surface area contributed by atoms with E-state index >= 15 is 0 Å². The molecule has 156 valence electrons. The molecule has 1 N–H and O–H groups in total. The number of carbonyl (C=O) groups is 2. The van der Waals surface area contributed by atoms with Crippen LogP contribution in [0.25, 0.3) is 11.0 Å². The molecule has 2 aliphatic rings. The van der Waals surface area contributed by atoms with Crippen LogP contribution in [0, 0.1) is 11.7 Å². The third-order valence-corrected chi connectivity index (χ3v) is 5.18. The number of fused-ring (bicyclic) bond motifs is 2. The molecule has 8 nitrogen and oxygen atoms in total. The minimum atomic E-state index is -0.721. The number of nitrogens with one attached hydrogen (secondary N) is 1. The van der Waals surface area contributed by atoms with E-state index in [0.29, 0.717) is 0 Å². The zero-order valence-corrected chi connectivity index (χ0v) is 16.9. The molecule has 3 heterocycles. The van der Waals surface area contributed by atoms with E-state index in [1.165, 1.54) is 12.3 Å². The van der Waals surface area contributed by atoms with Crippen molar-refractivity contribution in [3.8, 4) is 0 Å². The summed E-state index contributed by atoms with van der Waals surface area (Å²) in [5.74, 6) is -2.08. The summed E-state index contributed by atoms with van der Waals surface area (Å²) in [4.78, 5) is 29.2. The highest BCUT2D eigenvalue weighted by Gasteiger charge is 2.36. The molecule has 1 amide bonds. The minimum absolute atomic E-state index is 0.0691. The third kappa shape index (κ3) is 3.45. The number of hydrogen-bond donors (Lipinski definition) is 1. The summed E-state index contributed by atoms with van der Waals surface area (Å²) < 4.78 is 24.8. The molecule has 0 radical (unpaired) electrons. The van der Waals surface area contributed by atoms with E-state index in [0.717, 1.165) is 6.07 Å². The quantitative estimate of drug-likeness (QED) is 0.730. The van der Waals surface area contributed by atoms with Gasteiger partial charge in [-0.3, -0.25) is 9.79 Å². The maximum absolute atomic E-state index is 14.0. The van der Waals surface area contributed by atoms with Gasteiger partial charge in [-0.15, -0.1) is 0 Å². The minimum Gasteiger partial charge on any atom is -0.462 e. The van der Waals surface area contributed by atoms with Crippen LogP contribution >= 0.6 is 11.6 Å².